The van der Waals surface area contributed by atoms with Crippen LogP contribution in [-0.4, -0.2) is 42.1 Å². The van der Waals surface area contributed by atoms with Crippen LogP contribution in [0.25, 0.3) is 0 Å². The molecule has 2 nitrogen and oxygen atoms in total. The zero-order valence-electron chi connectivity index (χ0n) is 12.5. The summed E-state index contributed by atoms with van der Waals surface area (Å²) in [6, 6.07) is 0. The molecule has 1 heterocycles. The molecular weight excluding hydrogens is 290 g/mol. The standard InChI is InChI=1S/C15H30BrNO/c1-5-7-15(11-16,8-6-2)12-17-9-13(3)18-14(4)10-17/h13-14H,5-12H2,1-4H3. The van der Waals surface area contributed by atoms with Gasteiger partial charge in [0.05, 0.1) is 12.2 Å². The average Bonchev–Trinajstić information content (AvgIpc) is 2.28. The Balaban J connectivity index is 2.63. The van der Waals surface area contributed by atoms with E-state index < -0.39 is 0 Å². The van der Waals surface area contributed by atoms with Crippen molar-refractivity contribution in [2.24, 2.45) is 5.41 Å². The van der Waals surface area contributed by atoms with Crippen molar-refractivity contribution in [2.75, 3.05) is 25.0 Å². The molecule has 0 aliphatic carbocycles. The molecule has 0 spiro atoms. The van der Waals surface area contributed by atoms with Crippen molar-refractivity contribution in [2.45, 2.75) is 65.6 Å². The minimum Gasteiger partial charge on any atom is -0.373 e. The lowest BCUT2D eigenvalue weighted by molar-refractivity contribution is -0.0774. The summed E-state index contributed by atoms with van der Waals surface area (Å²) in [7, 11) is 0. The fourth-order valence-electron chi connectivity index (χ4n) is 3.41. The van der Waals surface area contributed by atoms with Gasteiger partial charge in [0.1, 0.15) is 0 Å². The van der Waals surface area contributed by atoms with Crippen molar-refractivity contribution in [1.82, 2.24) is 4.90 Å². The Kier molecular flexibility index (Phi) is 7.19. The first-order valence-corrected chi connectivity index (χ1v) is 8.61. The van der Waals surface area contributed by atoms with E-state index in [2.05, 4.69) is 48.5 Å². The van der Waals surface area contributed by atoms with Crippen LogP contribution in [-0.2, 0) is 4.74 Å². The monoisotopic (exact) mass is 319 g/mol. The fraction of sp³-hybridized carbons (Fsp3) is 1.00. The number of hydrogen-bond acceptors (Lipinski definition) is 2. The number of ether oxygens (including phenoxy) is 1. The molecule has 2 atom stereocenters. The molecule has 0 aromatic heterocycles. The molecule has 3 heteroatoms. The van der Waals surface area contributed by atoms with Crippen molar-refractivity contribution >= 4 is 15.9 Å². The highest BCUT2D eigenvalue weighted by molar-refractivity contribution is 9.09. The van der Waals surface area contributed by atoms with Crippen LogP contribution in [0.5, 0.6) is 0 Å². The predicted molar refractivity (Wildman–Crippen MR) is 82.5 cm³/mol. The third-order valence-corrected chi connectivity index (χ3v) is 5.09. The largest absolute Gasteiger partial charge is 0.373 e. The number of nitrogens with zero attached hydrogens (tertiary/aromatic N) is 1. The third-order valence-electron chi connectivity index (χ3n) is 3.90. The molecule has 0 aromatic rings. The molecule has 2 unspecified atom stereocenters. The maximum atomic E-state index is 5.83. The van der Waals surface area contributed by atoms with Crippen LogP contribution in [0, 0.1) is 5.41 Å². The summed E-state index contributed by atoms with van der Waals surface area (Å²) in [5.41, 5.74) is 0.459. The molecule has 1 rings (SSSR count). The second-order valence-corrected chi connectivity index (χ2v) is 6.65. The van der Waals surface area contributed by atoms with Gasteiger partial charge in [-0.15, -0.1) is 0 Å². The Hall–Kier alpha value is 0.400. The van der Waals surface area contributed by atoms with Gasteiger partial charge in [-0.05, 0) is 32.1 Å². The van der Waals surface area contributed by atoms with Gasteiger partial charge >= 0.3 is 0 Å². The Morgan fingerprint density at radius 3 is 2.00 bits per heavy atom. The zero-order valence-corrected chi connectivity index (χ0v) is 14.1. The summed E-state index contributed by atoms with van der Waals surface area (Å²) in [5.74, 6) is 0. The van der Waals surface area contributed by atoms with E-state index in [1.54, 1.807) is 0 Å². The number of morpholine rings is 1. The molecule has 1 aliphatic heterocycles. The van der Waals surface area contributed by atoms with Crippen LogP contribution in [0.15, 0.2) is 0 Å². The van der Waals surface area contributed by atoms with Gasteiger partial charge in [0, 0.05) is 25.0 Å². The Morgan fingerprint density at radius 2 is 1.61 bits per heavy atom. The second kappa shape index (κ2) is 7.86. The Morgan fingerprint density at radius 1 is 1.11 bits per heavy atom. The molecular formula is C15H30BrNO. The first kappa shape index (κ1) is 16.5. The topological polar surface area (TPSA) is 12.5 Å². The van der Waals surface area contributed by atoms with Crippen LogP contribution in [0.4, 0.5) is 0 Å². The number of alkyl halides is 1. The van der Waals surface area contributed by atoms with E-state index in [-0.39, 0.29) is 0 Å². The van der Waals surface area contributed by atoms with E-state index in [1.165, 1.54) is 32.2 Å². The molecule has 1 fully saturated rings. The molecule has 0 aromatic carbocycles. The van der Waals surface area contributed by atoms with Gasteiger partial charge in [0.25, 0.3) is 0 Å². The van der Waals surface area contributed by atoms with Crippen LogP contribution < -0.4 is 0 Å². The second-order valence-electron chi connectivity index (χ2n) is 6.09. The van der Waals surface area contributed by atoms with Gasteiger partial charge in [-0.1, -0.05) is 42.6 Å². The summed E-state index contributed by atoms with van der Waals surface area (Å²) in [5, 5.41) is 1.13. The molecule has 0 radical (unpaired) electrons. The molecule has 0 saturated carbocycles. The number of rotatable bonds is 7. The lowest BCUT2D eigenvalue weighted by Crippen LogP contribution is -2.50. The van der Waals surface area contributed by atoms with Crippen LogP contribution in [0.2, 0.25) is 0 Å². The highest BCUT2D eigenvalue weighted by atomic mass is 79.9. The first-order chi connectivity index (χ1) is 8.55. The normalized spacial score (nSPS) is 26.5. The van der Waals surface area contributed by atoms with E-state index in [0.29, 0.717) is 17.6 Å². The van der Waals surface area contributed by atoms with Gasteiger partial charge in [-0.3, -0.25) is 4.90 Å². The molecule has 18 heavy (non-hydrogen) atoms. The minimum absolute atomic E-state index is 0.380. The number of halogens is 1. The van der Waals surface area contributed by atoms with Gasteiger partial charge in [0.2, 0.25) is 0 Å². The van der Waals surface area contributed by atoms with Crippen LogP contribution in [0.3, 0.4) is 0 Å². The SMILES string of the molecule is CCCC(CBr)(CCC)CN1CC(C)OC(C)C1. The zero-order chi connectivity index (χ0) is 13.6. The maximum Gasteiger partial charge on any atom is 0.0678 e. The summed E-state index contributed by atoms with van der Waals surface area (Å²) in [6.45, 7) is 12.4. The summed E-state index contributed by atoms with van der Waals surface area (Å²) < 4.78 is 5.83. The van der Waals surface area contributed by atoms with Gasteiger partial charge < -0.3 is 4.74 Å². The molecule has 108 valence electrons. The van der Waals surface area contributed by atoms with E-state index in [1.807, 2.05) is 0 Å². The lowest BCUT2D eigenvalue weighted by atomic mass is 9.80. The molecule has 0 bridgehead atoms. The van der Waals surface area contributed by atoms with Crippen LogP contribution >= 0.6 is 15.9 Å². The maximum absolute atomic E-state index is 5.83. The summed E-state index contributed by atoms with van der Waals surface area (Å²) >= 11 is 3.77. The van der Waals surface area contributed by atoms with Crippen molar-refractivity contribution < 1.29 is 4.74 Å². The Bertz CT molecular complexity index is 219. The van der Waals surface area contributed by atoms with Crippen molar-refractivity contribution in [3.8, 4) is 0 Å². The molecule has 1 saturated heterocycles. The number of hydrogen-bond donors (Lipinski definition) is 0. The van der Waals surface area contributed by atoms with E-state index >= 15 is 0 Å². The van der Waals surface area contributed by atoms with Crippen LogP contribution in [0.1, 0.15) is 53.4 Å². The van der Waals surface area contributed by atoms with Gasteiger partial charge in [-0.2, -0.15) is 0 Å². The van der Waals surface area contributed by atoms with Crippen molar-refractivity contribution in [1.29, 1.82) is 0 Å². The van der Waals surface area contributed by atoms with Gasteiger partial charge in [-0.25, -0.2) is 0 Å². The highest BCUT2D eigenvalue weighted by Crippen LogP contribution is 2.34. The quantitative estimate of drug-likeness (QED) is 0.656. The van der Waals surface area contributed by atoms with E-state index in [9.17, 15) is 0 Å². The lowest BCUT2D eigenvalue weighted by Gasteiger charge is -2.42. The highest BCUT2D eigenvalue weighted by Gasteiger charge is 2.32. The molecule has 0 N–H and O–H groups in total. The fourth-order valence-corrected chi connectivity index (χ4v) is 4.15. The molecule has 0 amide bonds. The average molecular weight is 320 g/mol. The van der Waals surface area contributed by atoms with Crippen molar-refractivity contribution in [3.63, 3.8) is 0 Å². The summed E-state index contributed by atoms with van der Waals surface area (Å²) in [6.07, 6.45) is 5.97. The summed E-state index contributed by atoms with van der Waals surface area (Å²) in [4.78, 5) is 2.62. The minimum atomic E-state index is 0.380. The molecule has 1 aliphatic rings. The van der Waals surface area contributed by atoms with Crippen molar-refractivity contribution in [3.05, 3.63) is 0 Å². The third kappa shape index (κ3) is 4.82. The van der Waals surface area contributed by atoms with E-state index in [0.717, 1.165) is 18.4 Å². The van der Waals surface area contributed by atoms with E-state index in [4.69, 9.17) is 4.74 Å². The Labute approximate surface area is 122 Å². The first-order valence-electron chi connectivity index (χ1n) is 7.49. The predicted octanol–water partition coefficient (Wildman–Crippen LogP) is 4.08. The van der Waals surface area contributed by atoms with Gasteiger partial charge in [0.15, 0.2) is 0 Å². The smallest absolute Gasteiger partial charge is 0.0678 e.